The smallest absolute Gasteiger partial charge is 0.123 e. The van der Waals surface area contributed by atoms with Crippen LogP contribution in [0, 0.1) is 6.92 Å². The molecule has 2 aliphatic rings. The molecule has 0 atom stereocenters. The summed E-state index contributed by atoms with van der Waals surface area (Å²) in [7, 11) is 2.20. The molecule has 2 aromatic heterocycles. The number of piperazine rings is 1. The molecule has 0 saturated carbocycles. The zero-order chi connectivity index (χ0) is 16.5. The quantitative estimate of drug-likeness (QED) is 0.851. The lowest BCUT2D eigenvalue weighted by Crippen LogP contribution is -2.44. The van der Waals surface area contributed by atoms with Crippen LogP contribution in [0.1, 0.15) is 23.0 Å². The van der Waals surface area contributed by atoms with Gasteiger partial charge in [0.05, 0.1) is 18.8 Å². The number of fused-ring (bicyclic) bond motifs is 1. The lowest BCUT2D eigenvalue weighted by Gasteiger charge is -2.33. The Hall–Kier alpha value is -1.63. The molecule has 0 N–H and O–H groups in total. The summed E-state index contributed by atoms with van der Waals surface area (Å²) in [6.45, 7) is 11.5. The summed E-state index contributed by atoms with van der Waals surface area (Å²) in [6.07, 6.45) is 2.08. The van der Waals surface area contributed by atoms with Crippen LogP contribution >= 0.6 is 0 Å². The molecule has 0 bridgehead atoms. The van der Waals surface area contributed by atoms with E-state index in [1.165, 1.54) is 11.5 Å². The standard InChI is InChI=1S/C18H27N5O/c1-15-3-4-17(24-15)13-22-9-10-23-16(11-19-18(23)14-22)12-21-7-5-20(2)6-8-21/h3-4,11H,5-10,12-14H2,1-2H3. The van der Waals surface area contributed by atoms with Crippen LogP contribution < -0.4 is 0 Å². The molecule has 1 saturated heterocycles. The predicted octanol–water partition coefficient (Wildman–Crippen LogP) is 1.55. The Morgan fingerprint density at radius 3 is 2.54 bits per heavy atom. The van der Waals surface area contributed by atoms with Gasteiger partial charge in [-0.2, -0.15) is 0 Å². The van der Waals surface area contributed by atoms with Crippen molar-refractivity contribution in [3.8, 4) is 0 Å². The molecule has 0 radical (unpaired) electrons. The highest BCUT2D eigenvalue weighted by atomic mass is 16.3. The average Bonchev–Trinajstić information content (AvgIpc) is 3.16. The Kier molecular flexibility index (Phi) is 4.43. The number of hydrogen-bond donors (Lipinski definition) is 0. The Morgan fingerprint density at radius 2 is 1.79 bits per heavy atom. The van der Waals surface area contributed by atoms with Gasteiger partial charge in [-0.25, -0.2) is 4.98 Å². The molecule has 0 aromatic carbocycles. The van der Waals surface area contributed by atoms with E-state index in [1.807, 2.05) is 13.0 Å². The van der Waals surface area contributed by atoms with Crippen molar-refractivity contribution in [2.24, 2.45) is 0 Å². The van der Waals surface area contributed by atoms with Crippen molar-refractivity contribution in [3.63, 3.8) is 0 Å². The summed E-state index contributed by atoms with van der Waals surface area (Å²) in [5.41, 5.74) is 1.36. The first-order valence-corrected chi connectivity index (χ1v) is 8.89. The van der Waals surface area contributed by atoms with E-state index in [9.17, 15) is 0 Å². The van der Waals surface area contributed by atoms with Crippen molar-refractivity contribution in [2.75, 3.05) is 39.8 Å². The molecule has 0 spiro atoms. The highest BCUT2D eigenvalue weighted by Crippen LogP contribution is 2.19. The van der Waals surface area contributed by atoms with E-state index in [0.717, 1.165) is 70.4 Å². The molecule has 2 aliphatic heterocycles. The fourth-order valence-corrected chi connectivity index (χ4v) is 3.66. The second-order valence-electron chi connectivity index (χ2n) is 7.12. The lowest BCUT2D eigenvalue weighted by atomic mass is 10.3. The summed E-state index contributed by atoms with van der Waals surface area (Å²) in [5.74, 6) is 3.22. The maximum atomic E-state index is 5.71. The molecule has 130 valence electrons. The van der Waals surface area contributed by atoms with Crippen LogP contribution in [0.15, 0.2) is 22.7 Å². The number of furan rings is 1. The van der Waals surface area contributed by atoms with Gasteiger partial charge in [0.25, 0.3) is 0 Å². The van der Waals surface area contributed by atoms with Gasteiger partial charge in [-0.1, -0.05) is 0 Å². The molecule has 6 heteroatoms. The highest BCUT2D eigenvalue weighted by molar-refractivity contribution is 5.10. The minimum atomic E-state index is 0.870. The van der Waals surface area contributed by atoms with Gasteiger partial charge in [0, 0.05) is 52.0 Å². The molecule has 24 heavy (non-hydrogen) atoms. The van der Waals surface area contributed by atoms with E-state index in [4.69, 9.17) is 4.42 Å². The van der Waals surface area contributed by atoms with Gasteiger partial charge in [0.1, 0.15) is 17.3 Å². The van der Waals surface area contributed by atoms with Crippen molar-refractivity contribution < 1.29 is 4.42 Å². The number of nitrogens with zero attached hydrogens (tertiary/aromatic N) is 5. The van der Waals surface area contributed by atoms with Crippen LogP contribution in [-0.4, -0.2) is 64.0 Å². The number of hydrogen-bond acceptors (Lipinski definition) is 5. The fraction of sp³-hybridized carbons (Fsp3) is 0.611. The summed E-state index contributed by atoms with van der Waals surface area (Å²) >= 11 is 0. The molecule has 2 aromatic rings. The second-order valence-corrected chi connectivity index (χ2v) is 7.12. The van der Waals surface area contributed by atoms with Crippen LogP contribution in [0.2, 0.25) is 0 Å². The van der Waals surface area contributed by atoms with E-state index >= 15 is 0 Å². The molecule has 0 unspecified atom stereocenters. The SMILES string of the molecule is Cc1ccc(CN2CCn3c(CN4CCN(C)CC4)cnc3C2)o1. The zero-order valence-corrected chi connectivity index (χ0v) is 14.7. The first kappa shape index (κ1) is 15.9. The van der Waals surface area contributed by atoms with Crippen molar-refractivity contribution in [3.05, 3.63) is 41.4 Å². The molecule has 0 aliphatic carbocycles. The largest absolute Gasteiger partial charge is 0.465 e. The summed E-state index contributed by atoms with van der Waals surface area (Å²) in [5, 5.41) is 0. The number of aryl methyl sites for hydroxylation is 1. The molecular formula is C18H27N5O. The van der Waals surface area contributed by atoms with Crippen molar-refractivity contribution in [2.45, 2.75) is 33.1 Å². The minimum Gasteiger partial charge on any atom is -0.465 e. The Morgan fingerprint density at radius 1 is 1.00 bits per heavy atom. The van der Waals surface area contributed by atoms with Crippen LogP contribution in [0.5, 0.6) is 0 Å². The number of likely N-dealkylation sites (N-methyl/N-ethyl adjacent to an activating group) is 1. The maximum Gasteiger partial charge on any atom is 0.123 e. The van der Waals surface area contributed by atoms with Gasteiger partial charge in [-0.3, -0.25) is 9.80 Å². The zero-order valence-electron chi connectivity index (χ0n) is 14.7. The molecule has 4 rings (SSSR count). The van der Waals surface area contributed by atoms with Gasteiger partial charge in [-0.05, 0) is 26.1 Å². The van der Waals surface area contributed by atoms with Gasteiger partial charge < -0.3 is 13.9 Å². The first-order chi connectivity index (χ1) is 11.7. The summed E-state index contributed by atoms with van der Waals surface area (Å²) < 4.78 is 8.13. The van der Waals surface area contributed by atoms with Crippen LogP contribution in [-0.2, 0) is 26.2 Å². The second kappa shape index (κ2) is 6.70. The van der Waals surface area contributed by atoms with Crippen LogP contribution in [0.3, 0.4) is 0 Å². The average molecular weight is 329 g/mol. The van der Waals surface area contributed by atoms with Gasteiger partial charge >= 0.3 is 0 Å². The number of aromatic nitrogens is 2. The van der Waals surface area contributed by atoms with Gasteiger partial charge in [0.2, 0.25) is 0 Å². The first-order valence-electron chi connectivity index (χ1n) is 8.89. The van der Waals surface area contributed by atoms with Gasteiger partial charge in [0.15, 0.2) is 0 Å². The van der Waals surface area contributed by atoms with Crippen molar-refractivity contribution >= 4 is 0 Å². The lowest BCUT2D eigenvalue weighted by molar-refractivity contribution is 0.142. The maximum absolute atomic E-state index is 5.71. The Labute approximate surface area is 143 Å². The fourth-order valence-electron chi connectivity index (χ4n) is 3.66. The Balaban J connectivity index is 1.38. The minimum absolute atomic E-state index is 0.870. The van der Waals surface area contributed by atoms with Crippen molar-refractivity contribution in [1.29, 1.82) is 0 Å². The predicted molar refractivity (Wildman–Crippen MR) is 92.6 cm³/mol. The third-order valence-corrected chi connectivity index (χ3v) is 5.18. The number of rotatable bonds is 4. The van der Waals surface area contributed by atoms with E-state index in [1.54, 1.807) is 0 Å². The monoisotopic (exact) mass is 329 g/mol. The normalized spacial score (nSPS) is 20.4. The van der Waals surface area contributed by atoms with Crippen LogP contribution in [0.4, 0.5) is 0 Å². The Bertz CT molecular complexity index is 683. The third kappa shape index (κ3) is 3.41. The topological polar surface area (TPSA) is 40.7 Å². The van der Waals surface area contributed by atoms with E-state index in [-0.39, 0.29) is 0 Å². The molecule has 1 fully saturated rings. The van der Waals surface area contributed by atoms with E-state index in [0.29, 0.717) is 0 Å². The third-order valence-electron chi connectivity index (χ3n) is 5.18. The molecule has 0 amide bonds. The summed E-state index contributed by atoms with van der Waals surface area (Å²) in [4.78, 5) is 12.0. The molecule has 4 heterocycles. The van der Waals surface area contributed by atoms with Crippen LogP contribution in [0.25, 0.3) is 0 Å². The molecular weight excluding hydrogens is 302 g/mol. The van der Waals surface area contributed by atoms with Gasteiger partial charge in [-0.15, -0.1) is 0 Å². The molecule has 6 nitrogen and oxygen atoms in total. The number of imidazole rings is 1. The van der Waals surface area contributed by atoms with Crippen molar-refractivity contribution in [1.82, 2.24) is 24.3 Å². The van der Waals surface area contributed by atoms with E-state index < -0.39 is 0 Å². The van der Waals surface area contributed by atoms with E-state index in [2.05, 4.69) is 43.6 Å². The highest BCUT2D eigenvalue weighted by Gasteiger charge is 2.22. The summed E-state index contributed by atoms with van der Waals surface area (Å²) in [6, 6.07) is 4.11.